The highest BCUT2D eigenvalue weighted by molar-refractivity contribution is 5.77. The van der Waals surface area contributed by atoms with Gasteiger partial charge in [-0.2, -0.15) is 0 Å². The number of aliphatic hydroxyl groups excluding tert-OH is 1. The Morgan fingerprint density at radius 3 is 2.93 bits per heavy atom. The third-order valence-electron chi connectivity index (χ3n) is 2.97. The summed E-state index contributed by atoms with van der Waals surface area (Å²) in [6.07, 6.45) is 2.43. The summed E-state index contributed by atoms with van der Waals surface area (Å²) in [4.78, 5) is 4.47. The van der Waals surface area contributed by atoms with E-state index in [1.54, 1.807) is 0 Å². The minimum absolute atomic E-state index is 0.0320. The number of benzene rings is 1. The van der Waals surface area contributed by atoms with Crippen molar-refractivity contribution in [1.29, 1.82) is 0 Å². The largest absolute Gasteiger partial charge is 0.388 e. The van der Waals surface area contributed by atoms with Gasteiger partial charge in [0.15, 0.2) is 0 Å². The molecule has 3 rings (SSSR count). The number of aromatic nitrogens is 2. The molecule has 1 aromatic carbocycles. The number of rotatable bonds is 2. The van der Waals surface area contributed by atoms with E-state index in [-0.39, 0.29) is 6.61 Å². The van der Waals surface area contributed by atoms with E-state index in [1.807, 2.05) is 0 Å². The topological polar surface area (TPSA) is 38.1 Å². The lowest BCUT2D eigenvalue weighted by molar-refractivity contribution is 0.266. The fourth-order valence-electron chi connectivity index (χ4n) is 2.11. The molecule has 1 heterocycles. The number of hydrogen-bond acceptors (Lipinski definition) is 2. The molecule has 3 nitrogen and oxygen atoms in total. The maximum absolute atomic E-state index is 9.28. The van der Waals surface area contributed by atoms with E-state index in [0.29, 0.717) is 6.04 Å². The Hall–Kier alpha value is -1.35. The van der Waals surface area contributed by atoms with Crippen molar-refractivity contribution in [3.63, 3.8) is 0 Å². The summed E-state index contributed by atoms with van der Waals surface area (Å²) in [5, 5.41) is 9.28. The molecular formula is C12H14N2O. The van der Waals surface area contributed by atoms with Crippen LogP contribution in [0.5, 0.6) is 0 Å². The summed E-state index contributed by atoms with van der Waals surface area (Å²) >= 11 is 0. The number of fused-ring (bicyclic) bond motifs is 1. The van der Waals surface area contributed by atoms with Crippen LogP contribution in [-0.4, -0.2) is 14.7 Å². The van der Waals surface area contributed by atoms with Crippen LogP contribution >= 0.6 is 0 Å². The first-order valence-corrected chi connectivity index (χ1v) is 5.38. The molecule has 0 bridgehead atoms. The van der Waals surface area contributed by atoms with Gasteiger partial charge >= 0.3 is 0 Å². The van der Waals surface area contributed by atoms with E-state index >= 15 is 0 Å². The van der Waals surface area contributed by atoms with Gasteiger partial charge < -0.3 is 9.67 Å². The van der Waals surface area contributed by atoms with Crippen LogP contribution in [0.2, 0.25) is 0 Å². The third kappa shape index (κ3) is 1.35. The summed E-state index contributed by atoms with van der Waals surface area (Å²) in [7, 11) is 0. The second-order valence-corrected chi connectivity index (χ2v) is 4.28. The lowest BCUT2D eigenvalue weighted by Crippen LogP contribution is -2.00. The van der Waals surface area contributed by atoms with Crippen molar-refractivity contribution in [2.45, 2.75) is 32.4 Å². The van der Waals surface area contributed by atoms with Gasteiger partial charge in [0.1, 0.15) is 12.4 Å². The second kappa shape index (κ2) is 3.07. The predicted octanol–water partition coefficient (Wildman–Crippen LogP) is 2.17. The van der Waals surface area contributed by atoms with Crippen LogP contribution in [0, 0.1) is 6.92 Å². The van der Waals surface area contributed by atoms with Crippen LogP contribution in [0.3, 0.4) is 0 Å². The van der Waals surface area contributed by atoms with E-state index in [0.717, 1.165) is 16.9 Å². The average molecular weight is 202 g/mol. The van der Waals surface area contributed by atoms with E-state index in [9.17, 15) is 5.11 Å². The molecule has 15 heavy (non-hydrogen) atoms. The van der Waals surface area contributed by atoms with Gasteiger partial charge in [0.05, 0.1) is 11.0 Å². The summed E-state index contributed by atoms with van der Waals surface area (Å²) in [6, 6.07) is 6.85. The molecule has 1 saturated carbocycles. The minimum Gasteiger partial charge on any atom is -0.388 e. The molecule has 78 valence electrons. The summed E-state index contributed by atoms with van der Waals surface area (Å²) in [5.41, 5.74) is 3.38. The Morgan fingerprint density at radius 1 is 1.47 bits per heavy atom. The zero-order valence-electron chi connectivity index (χ0n) is 8.77. The highest BCUT2D eigenvalue weighted by atomic mass is 16.3. The molecule has 1 N–H and O–H groups in total. The zero-order chi connectivity index (χ0) is 10.4. The summed E-state index contributed by atoms with van der Waals surface area (Å²) in [6.45, 7) is 2.10. The molecule has 0 aliphatic heterocycles. The van der Waals surface area contributed by atoms with Crippen molar-refractivity contribution in [3.8, 4) is 0 Å². The Balaban J connectivity index is 2.28. The Morgan fingerprint density at radius 2 is 2.27 bits per heavy atom. The monoisotopic (exact) mass is 202 g/mol. The maximum Gasteiger partial charge on any atom is 0.135 e. The fourth-order valence-corrected chi connectivity index (χ4v) is 2.11. The number of aryl methyl sites for hydroxylation is 1. The lowest BCUT2D eigenvalue weighted by Gasteiger charge is -2.04. The molecule has 0 saturated heterocycles. The molecule has 1 aliphatic rings. The molecule has 0 amide bonds. The molecule has 1 aliphatic carbocycles. The number of nitrogens with zero attached hydrogens (tertiary/aromatic N) is 2. The van der Waals surface area contributed by atoms with Gasteiger partial charge in [0.2, 0.25) is 0 Å². The van der Waals surface area contributed by atoms with Crippen molar-refractivity contribution in [3.05, 3.63) is 29.6 Å². The van der Waals surface area contributed by atoms with Crippen LogP contribution in [0.15, 0.2) is 18.2 Å². The first-order valence-electron chi connectivity index (χ1n) is 5.38. The van der Waals surface area contributed by atoms with Crippen molar-refractivity contribution in [2.24, 2.45) is 0 Å². The van der Waals surface area contributed by atoms with E-state index < -0.39 is 0 Å². The highest BCUT2D eigenvalue weighted by Crippen LogP contribution is 2.38. The van der Waals surface area contributed by atoms with Crippen LogP contribution in [0.25, 0.3) is 11.0 Å². The van der Waals surface area contributed by atoms with Gasteiger partial charge in [0.25, 0.3) is 0 Å². The van der Waals surface area contributed by atoms with Gasteiger partial charge in [-0.25, -0.2) is 4.98 Å². The fraction of sp³-hybridized carbons (Fsp3) is 0.417. The molecular weight excluding hydrogens is 188 g/mol. The van der Waals surface area contributed by atoms with Gasteiger partial charge in [-0.05, 0) is 37.5 Å². The van der Waals surface area contributed by atoms with Crippen molar-refractivity contribution in [1.82, 2.24) is 9.55 Å². The SMILES string of the molecule is Cc1ccc2c(c1)nc(CO)n2C1CC1. The van der Waals surface area contributed by atoms with Crippen molar-refractivity contribution < 1.29 is 5.11 Å². The molecule has 0 spiro atoms. The molecule has 0 atom stereocenters. The van der Waals surface area contributed by atoms with E-state index in [2.05, 4.69) is 34.7 Å². The van der Waals surface area contributed by atoms with E-state index in [4.69, 9.17) is 0 Å². The first kappa shape index (κ1) is 8.92. The smallest absolute Gasteiger partial charge is 0.135 e. The molecule has 1 aromatic heterocycles. The van der Waals surface area contributed by atoms with Crippen LogP contribution in [-0.2, 0) is 6.61 Å². The minimum atomic E-state index is 0.0320. The number of hydrogen-bond donors (Lipinski definition) is 1. The standard InChI is InChI=1S/C12H14N2O/c1-8-2-5-11-10(6-8)13-12(7-15)14(11)9-3-4-9/h2,5-6,9,15H,3-4,7H2,1H3. The van der Waals surface area contributed by atoms with Gasteiger partial charge in [-0.15, -0.1) is 0 Å². The Labute approximate surface area is 88.4 Å². The predicted molar refractivity (Wildman–Crippen MR) is 58.7 cm³/mol. The van der Waals surface area contributed by atoms with Crippen LogP contribution in [0.1, 0.15) is 30.3 Å². The second-order valence-electron chi connectivity index (χ2n) is 4.28. The quantitative estimate of drug-likeness (QED) is 0.810. The van der Waals surface area contributed by atoms with Gasteiger partial charge in [-0.1, -0.05) is 6.07 Å². The lowest BCUT2D eigenvalue weighted by atomic mass is 10.2. The molecule has 1 fully saturated rings. The Bertz CT molecular complexity index is 512. The zero-order valence-corrected chi connectivity index (χ0v) is 8.77. The molecule has 3 heteroatoms. The molecule has 0 unspecified atom stereocenters. The third-order valence-corrected chi connectivity index (χ3v) is 2.97. The average Bonchev–Trinajstić information content (AvgIpc) is 2.99. The van der Waals surface area contributed by atoms with E-state index in [1.165, 1.54) is 18.4 Å². The van der Waals surface area contributed by atoms with Gasteiger partial charge in [0, 0.05) is 6.04 Å². The summed E-state index contributed by atoms with van der Waals surface area (Å²) in [5.74, 6) is 0.804. The molecule has 0 radical (unpaired) electrons. The van der Waals surface area contributed by atoms with Crippen molar-refractivity contribution in [2.75, 3.05) is 0 Å². The van der Waals surface area contributed by atoms with Crippen LogP contribution in [0.4, 0.5) is 0 Å². The number of aliphatic hydroxyl groups is 1. The first-order chi connectivity index (χ1) is 7.29. The maximum atomic E-state index is 9.28. The highest BCUT2D eigenvalue weighted by Gasteiger charge is 2.27. The van der Waals surface area contributed by atoms with Gasteiger partial charge in [-0.3, -0.25) is 0 Å². The molecule has 2 aromatic rings. The number of imidazole rings is 1. The summed E-state index contributed by atoms with van der Waals surface area (Å²) < 4.78 is 2.19. The normalized spacial score (nSPS) is 16.1. The van der Waals surface area contributed by atoms with Crippen molar-refractivity contribution >= 4 is 11.0 Å². The van der Waals surface area contributed by atoms with Crippen LogP contribution < -0.4 is 0 Å². The Kier molecular flexibility index (Phi) is 1.83.